The molecule has 2 aliphatic heterocycles. The number of carboxylic acid groups (broad SMARTS) is 2. The number of aliphatic carboxylic acids is 2. The van der Waals surface area contributed by atoms with E-state index in [0.717, 1.165) is 128 Å². The van der Waals surface area contributed by atoms with Crippen molar-refractivity contribution in [3.8, 4) is 0 Å². The molecule has 3 aliphatic rings. The van der Waals surface area contributed by atoms with E-state index in [9.17, 15) is 24.3 Å². The molecule has 0 bridgehead atoms. The number of thiocarbonyl (C=S) groups is 1. The van der Waals surface area contributed by atoms with Crippen LogP contribution in [0.25, 0.3) is 22.6 Å². The smallest absolute Gasteiger partial charge is 0.323 e. The number of carbonyl (C=O) groups excluding carboxylic acids is 1. The van der Waals surface area contributed by atoms with E-state index in [1.807, 2.05) is 24.3 Å². The number of unbranched alkanes of at least 4 members (excludes halogenated alkanes) is 8. The summed E-state index contributed by atoms with van der Waals surface area (Å²) in [6.07, 6.45) is 16.4. The van der Waals surface area contributed by atoms with Crippen molar-refractivity contribution in [1.29, 1.82) is 0 Å². The van der Waals surface area contributed by atoms with Gasteiger partial charge in [-0.25, -0.2) is 0 Å². The molecule has 12 heteroatoms. The van der Waals surface area contributed by atoms with Crippen LogP contribution >= 0.6 is 35.3 Å². The Morgan fingerprint density at radius 3 is 2.00 bits per heavy atom. The minimum atomic E-state index is -1.16. The first kappa shape index (κ1) is 45.0. The van der Waals surface area contributed by atoms with Gasteiger partial charge in [0.05, 0.1) is 4.53 Å². The number of carboxylic acids is 2. The van der Waals surface area contributed by atoms with Gasteiger partial charge in [0.1, 0.15) is 20.4 Å². The van der Waals surface area contributed by atoms with E-state index in [0.29, 0.717) is 36.9 Å². The standard InChI is InChI=1S/C52H53N3O6S3/c56-46(57)23-14-6-4-2-1-3-5-7-15-30-53-50(61)48(64-52(53)62)51-54(34-47(58)59)49(60)45(63-51)33-36-26-29-44-42(32-36)40-21-16-22-43(40)55(44)39-27-24-35(25-28-39)31-41(37-17-10-8-11-18-37)38-19-12-9-13-20-38/h8-13,17-20,24-29,31-33,40,43H,1-7,14-16,21-23,30,34H2,(H,56,57)(H,58,59). The molecule has 2 N–H and O–H groups in total. The fraction of sp³-hybridized carbons (Fsp3) is 0.327. The van der Waals surface area contributed by atoms with Gasteiger partial charge in [-0.05, 0) is 95.5 Å². The van der Waals surface area contributed by atoms with Crippen LogP contribution in [-0.4, -0.2) is 54.4 Å². The van der Waals surface area contributed by atoms with E-state index < -0.39 is 24.0 Å². The Morgan fingerprint density at radius 2 is 1.36 bits per heavy atom. The lowest BCUT2D eigenvalue weighted by Gasteiger charge is -2.27. The zero-order valence-corrected chi connectivity index (χ0v) is 38.3. The number of thioether (sulfide) groups is 1. The lowest BCUT2D eigenvalue weighted by atomic mass is 9.95. The first-order valence-corrected chi connectivity index (χ1v) is 24.5. The van der Waals surface area contributed by atoms with Gasteiger partial charge in [-0.3, -0.25) is 28.6 Å². The number of carbonyl (C=O) groups is 3. The summed E-state index contributed by atoms with van der Waals surface area (Å²) in [5.41, 5.74) is 8.60. The summed E-state index contributed by atoms with van der Waals surface area (Å²) >= 11 is 7.93. The second-order valence-corrected chi connectivity index (χ2v) is 19.5. The van der Waals surface area contributed by atoms with E-state index in [1.165, 1.54) is 21.4 Å². The van der Waals surface area contributed by atoms with Crippen LogP contribution in [-0.2, 0) is 20.9 Å². The van der Waals surface area contributed by atoms with Gasteiger partial charge >= 0.3 is 11.9 Å². The Bertz CT molecular complexity index is 2690. The van der Waals surface area contributed by atoms with Crippen LogP contribution in [0.3, 0.4) is 0 Å². The molecule has 3 heterocycles. The van der Waals surface area contributed by atoms with Gasteiger partial charge in [0.25, 0.3) is 11.5 Å². The van der Waals surface area contributed by atoms with E-state index in [2.05, 4.69) is 95.9 Å². The van der Waals surface area contributed by atoms with Crippen LogP contribution in [0.1, 0.15) is 117 Å². The molecular formula is C52H53N3O6S3. The van der Waals surface area contributed by atoms with Crippen LogP contribution in [0.5, 0.6) is 0 Å². The second kappa shape index (κ2) is 21.0. The summed E-state index contributed by atoms with van der Waals surface area (Å²) in [5, 5.41) is 18.6. The molecule has 0 radical (unpaired) electrons. The van der Waals surface area contributed by atoms with Crippen LogP contribution in [0, 0.1) is 0 Å². The average molecular weight is 912 g/mol. The predicted molar refractivity (Wildman–Crippen MR) is 263 cm³/mol. The average Bonchev–Trinajstić information content (AvgIpc) is 4.04. The highest BCUT2D eigenvalue weighted by Gasteiger charge is 2.42. The third-order valence-electron chi connectivity index (χ3n) is 12.5. The Hall–Kier alpha value is -5.56. The first-order chi connectivity index (χ1) is 31.2. The molecule has 8 rings (SSSR count). The number of rotatable bonds is 19. The largest absolute Gasteiger partial charge is 0.481 e. The molecule has 2 fully saturated rings. The van der Waals surface area contributed by atoms with E-state index >= 15 is 0 Å². The number of hydrogen-bond donors (Lipinski definition) is 2. The highest BCUT2D eigenvalue weighted by Crippen LogP contribution is 2.52. The number of anilines is 2. The molecule has 1 aromatic heterocycles. The number of amides is 1. The molecule has 64 heavy (non-hydrogen) atoms. The molecular weight excluding hydrogens is 859 g/mol. The maximum absolute atomic E-state index is 13.9. The highest BCUT2D eigenvalue weighted by molar-refractivity contribution is 8.30. The summed E-state index contributed by atoms with van der Waals surface area (Å²) in [6.45, 7) is -0.0880. The van der Waals surface area contributed by atoms with Crippen molar-refractivity contribution in [2.75, 3.05) is 11.4 Å². The zero-order valence-electron chi connectivity index (χ0n) is 35.8. The molecule has 1 amide bonds. The zero-order chi connectivity index (χ0) is 44.6. The second-order valence-electron chi connectivity index (χ2n) is 16.9. The molecule has 1 aliphatic carbocycles. The SMILES string of the molecule is O=C(O)CCCCCCCCCCCN1C(=O)C(=c2sc(=Cc3ccc4c(c3)C3CCCC3N4c3ccc(C=C(c4ccccc4)c4ccccc4)cc3)c(=O)n2CC(=O)O)SC1=S. The molecule has 1 saturated heterocycles. The highest BCUT2D eigenvalue weighted by atomic mass is 32.2. The minimum Gasteiger partial charge on any atom is -0.481 e. The lowest BCUT2D eigenvalue weighted by Crippen LogP contribution is -2.35. The quantitative estimate of drug-likeness (QED) is 0.0474. The van der Waals surface area contributed by atoms with Crippen LogP contribution in [0.4, 0.5) is 11.4 Å². The first-order valence-electron chi connectivity index (χ1n) is 22.4. The molecule has 0 spiro atoms. The number of aromatic nitrogens is 1. The van der Waals surface area contributed by atoms with Crippen molar-refractivity contribution in [3.63, 3.8) is 0 Å². The summed E-state index contributed by atoms with van der Waals surface area (Å²) in [7, 11) is 0. The summed E-state index contributed by atoms with van der Waals surface area (Å²) in [5.74, 6) is -1.84. The molecule has 330 valence electrons. The molecule has 2 unspecified atom stereocenters. The van der Waals surface area contributed by atoms with Gasteiger partial charge in [0, 0.05) is 36.3 Å². The number of thiazole rings is 1. The van der Waals surface area contributed by atoms with Gasteiger partial charge in [-0.2, -0.15) is 0 Å². The molecule has 1 saturated carbocycles. The van der Waals surface area contributed by atoms with Gasteiger partial charge in [-0.1, -0.05) is 154 Å². The number of benzene rings is 4. The van der Waals surface area contributed by atoms with Crippen LogP contribution < -0.4 is 19.7 Å². The van der Waals surface area contributed by atoms with E-state index in [4.69, 9.17) is 17.3 Å². The van der Waals surface area contributed by atoms with Crippen molar-refractivity contribution in [1.82, 2.24) is 9.47 Å². The normalized spacial score (nSPS) is 17.8. The van der Waals surface area contributed by atoms with Gasteiger partial charge in [0.15, 0.2) is 0 Å². The Morgan fingerprint density at radius 1 is 0.734 bits per heavy atom. The van der Waals surface area contributed by atoms with Crippen molar-refractivity contribution < 1.29 is 24.6 Å². The monoisotopic (exact) mass is 911 g/mol. The van der Waals surface area contributed by atoms with Crippen molar-refractivity contribution >= 4 is 91.5 Å². The Labute approximate surface area is 387 Å². The summed E-state index contributed by atoms with van der Waals surface area (Å²) in [4.78, 5) is 54.8. The Balaban J connectivity index is 0.996. The summed E-state index contributed by atoms with van der Waals surface area (Å²) in [6, 6.07) is 36.5. The van der Waals surface area contributed by atoms with Gasteiger partial charge in [0.2, 0.25) is 0 Å². The molecule has 5 aromatic rings. The van der Waals surface area contributed by atoms with E-state index in [-0.39, 0.29) is 12.3 Å². The molecule has 9 nitrogen and oxygen atoms in total. The fourth-order valence-corrected chi connectivity index (χ4v) is 12.0. The van der Waals surface area contributed by atoms with Gasteiger partial charge < -0.3 is 15.1 Å². The maximum Gasteiger partial charge on any atom is 0.323 e. The third-order valence-corrected chi connectivity index (χ3v) is 15.2. The van der Waals surface area contributed by atoms with Crippen molar-refractivity contribution in [2.45, 2.75) is 102 Å². The Kier molecular flexibility index (Phi) is 14.7. The molecule has 4 aromatic carbocycles. The van der Waals surface area contributed by atoms with Gasteiger partial charge in [-0.15, -0.1) is 11.3 Å². The molecule has 2 atom stereocenters. The number of hydrogen-bond acceptors (Lipinski definition) is 8. The van der Waals surface area contributed by atoms with E-state index in [1.54, 1.807) is 4.90 Å². The maximum atomic E-state index is 13.9. The number of fused-ring (bicyclic) bond motifs is 3. The van der Waals surface area contributed by atoms with Crippen molar-refractivity contribution in [2.24, 2.45) is 0 Å². The fourth-order valence-electron chi connectivity index (χ4n) is 9.39. The minimum absolute atomic E-state index is 0.233. The van der Waals surface area contributed by atoms with Crippen molar-refractivity contribution in [3.05, 3.63) is 150 Å². The lowest BCUT2D eigenvalue weighted by molar-refractivity contribution is -0.138. The number of nitrogens with zero attached hydrogens (tertiary/aromatic N) is 3. The third kappa shape index (κ3) is 10.4. The van der Waals surface area contributed by atoms with Crippen LogP contribution in [0.2, 0.25) is 0 Å². The topological polar surface area (TPSA) is 120 Å². The predicted octanol–water partition coefficient (Wildman–Crippen LogP) is 10.2. The van der Waals surface area contributed by atoms with Crippen LogP contribution in [0.15, 0.2) is 108 Å². The summed E-state index contributed by atoms with van der Waals surface area (Å²) < 4.78 is 2.31.